The third-order valence-corrected chi connectivity index (χ3v) is 5.09. The highest BCUT2D eigenvalue weighted by molar-refractivity contribution is 5.93. The second-order valence-electron chi connectivity index (χ2n) is 7.30. The van der Waals surface area contributed by atoms with Gasteiger partial charge in [-0.05, 0) is 12.5 Å². The Morgan fingerprint density at radius 3 is 2.85 bits per heavy atom. The molecule has 26 heavy (non-hydrogen) atoms. The number of carbonyl (C=O) groups excluding carboxylic acids is 2. The molecule has 0 unspecified atom stereocenters. The Balaban J connectivity index is 1.55. The van der Waals surface area contributed by atoms with E-state index >= 15 is 0 Å². The molecule has 2 amide bonds. The van der Waals surface area contributed by atoms with Crippen LogP contribution in [0, 0.1) is 11.3 Å². The number of hydrogen-bond donors (Lipinski definition) is 1. The highest BCUT2D eigenvalue weighted by atomic mass is 16.5. The molecule has 0 radical (unpaired) electrons. The minimum absolute atomic E-state index is 0.0415. The number of carbonyl (C=O) groups is 2. The van der Waals surface area contributed by atoms with Gasteiger partial charge in [0.1, 0.15) is 11.8 Å². The summed E-state index contributed by atoms with van der Waals surface area (Å²) in [5.41, 5.74) is 0.959. The van der Waals surface area contributed by atoms with Gasteiger partial charge in [0.05, 0.1) is 24.7 Å². The van der Waals surface area contributed by atoms with Crippen molar-refractivity contribution >= 4 is 11.8 Å². The van der Waals surface area contributed by atoms with E-state index in [1.807, 2.05) is 6.07 Å². The molecule has 0 aromatic carbocycles. The summed E-state index contributed by atoms with van der Waals surface area (Å²) in [4.78, 5) is 28.3. The predicted octanol–water partition coefficient (Wildman–Crippen LogP) is -0.0534. The normalized spacial score (nSPS) is 25.4. The molecule has 1 N–H and O–H groups in total. The van der Waals surface area contributed by atoms with Crippen molar-refractivity contribution in [1.29, 1.82) is 5.26 Å². The molecule has 1 aromatic rings. The monoisotopic (exact) mass is 359 g/mol. The van der Waals surface area contributed by atoms with Gasteiger partial charge >= 0.3 is 0 Å². The van der Waals surface area contributed by atoms with Crippen molar-refractivity contribution in [3.8, 4) is 6.07 Å². The van der Waals surface area contributed by atoms with Crippen molar-refractivity contribution in [2.75, 3.05) is 33.8 Å². The molecule has 0 bridgehead atoms. The molecule has 8 heteroatoms. The minimum atomic E-state index is -0.167. The molecule has 2 aliphatic rings. The lowest BCUT2D eigenvalue weighted by atomic mass is 10.1. The summed E-state index contributed by atoms with van der Waals surface area (Å²) < 4.78 is 7.51. The van der Waals surface area contributed by atoms with Crippen molar-refractivity contribution in [1.82, 2.24) is 19.7 Å². The van der Waals surface area contributed by atoms with Gasteiger partial charge in [0.25, 0.3) is 5.91 Å². The van der Waals surface area contributed by atoms with E-state index in [-0.39, 0.29) is 30.0 Å². The Kier molecular flexibility index (Phi) is 5.30. The molecular formula is C18H25N5O3. The van der Waals surface area contributed by atoms with Gasteiger partial charge in [-0.1, -0.05) is 0 Å². The number of aryl methyl sites for hydroxylation is 1. The fourth-order valence-electron chi connectivity index (χ4n) is 3.66. The zero-order chi connectivity index (χ0) is 18.8. The zero-order valence-electron chi connectivity index (χ0n) is 15.4. The highest BCUT2D eigenvalue weighted by Crippen LogP contribution is 2.25. The Morgan fingerprint density at radius 2 is 2.19 bits per heavy atom. The fourth-order valence-corrected chi connectivity index (χ4v) is 3.66. The molecule has 8 nitrogen and oxygen atoms in total. The van der Waals surface area contributed by atoms with Crippen LogP contribution in [0.5, 0.6) is 0 Å². The van der Waals surface area contributed by atoms with Gasteiger partial charge in [-0.15, -0.1) is 0 Å². The van der Waals surface area contributed by atoms with Crippen LogP contribution >= 0.6 is 0 Å². The molecule has 3 atom stereocenters. The molecule has 3 heterocycles. The third-order valence-electron chi connectivity index (χ3n) is 5.09. The number of morpholine rings is 1. The van der Waals surface area contributed by atoms with E-state index in [4.69, 9.17) is 10.00 Å². The fraction of sp³-hybridized carbons (Fsp3) is 0.611. The number of rotatable bonds is 4. The van der Waals surface area contributed by atoms with Crippen molar-refractivity contribution in [2.45, 2.75) is 31.0 Å². The summed E-state index contributed by atoms with van der Waals surface area (Å²) in [6, 6.07) is 3.96. The molecule has 0 saturated carbocycles. The van der Waals surface area contributed by atoms with Gasteiger partial charge in [0, 0.05) is 52.5 Å². The summed E-state index contributed by atoms with van der Waals surface area (Å²) in [5, 5.41) is 12.0. The number of nitrogens with one attached hydrogen (secondary N) is 1. The maximum atomic E-state index is 12.5. The lowest BCUT2D eigenvalue weighted by Crippen LogP contribution is -2.47. The van der Waals surface area contributed by atoms with Gasteiger partial charge < -0.3 is 19.5 Å². The Hall–Kier alpha value is -2.37. The van der Waals surface area contributed by atoms with Crippen LogP contribution in [0.1, 0.15) is 28.9 Å². The van der Waals surface area contributed by atoms with Crippen molar-refractivity contribution < 1.29 is 14.3 Å². The number of nitriles is 1. The molecule has 0 spiro atoms. The molecule has 140 valence electrons. The van der Waals surface area contributed by atoms with Gasteiger partial charge in [0.15, 0.2) is 0 Å². The zero-order valence-corrected chi connectivity index (χ0v) is 15.4. The third kappa shape index (κ3) is 3.89. The standard InChI is InChI=1S/C18H25N5O3/c1-21(2)17(24)6-15-10-23-9-13(5-14(23)11-26-15)20-18(25)16-4-12(7-19)8-22(16)3/h4,8,13-15H,5-6,9-11H2,1-3H3,(H,20,25)/t13-,14-,15-/m0/s1. The molecule has 0 aliphatic carbocycles. The minimum Gasteiger partial charge on any atom is -0.375 e. The van der Waals surface area contributed by atoms with Crippen LogP contribution in [0.3, 0.4) is 0 Å². The number of aromatic nitrogens is 1. The summed E-state index contributed by atoms with van der Waals surface area (Å²) in [7, 11) is 5.25. The van der Waals surface area contributed by atoms with E-state index in [9.17, 15) is 9.59 Å². The number of fused-ring (bicyclic) bond motifs is 1. The maximum Gasteiger partial charge on any atom is 0.268 e. The Labute approximate surface area is 153 Å². The molecule has 2 fully saturated rings. The van der Waals surface area contributed by atoms with E-state index in [2.05, 4.69) is 10.2 Å². The summed E-state index contributed by atoms with van der Waals surface area (Å²) in [6.07, 6.45) is 2.76. The van der Waals surface area contributed by atoms with E-state index in [1.54, 1.807) is 42.9 Å². The van der Waals surface area contributed by atoms with Gasteiger partial charge in [0.2, 0.25) is 5.91 Å². The lowest BCUT2D eigenvalue weighted by molar-refractivity contribution is -0.134. The number of hydrogen-bond acceptors (Lipinski definition) is 5. The lowest BCUT2D eigenvalue weighted by Gasteiger charge is -2.35. The SMILES string of the molecule is CN(C)C(=O)C[C@H]1CN2C[C@@H](NC(=O)c3cc(C#N)cn3C)C[C@H]2CO1. The first-order chi connectivity index (χ1) is 12.4. The van der Waals surface area contributed by atoms with Crippen LogP contribution in [0.15, 0.2) is 12.3 Å². The van der Waals surface area contributed by atoms with E-state index in [0.717, 1.165) is 13.0 Å². The smallest absolute Gasteiger partial charge is 0.268 e. The quantitative estimate of drug-likeness (QED) is 0.814. The Bertz CT molecular complexity index is 736. The van der Waals surface area contributed by atoms with E-state index in [1.165, 1.54) is 0 Å². The average Bonchev–Trinajstić information content (AvgIpc) is 3.16. The second-order valence-corrected chi connectivity index (χ2v) is 7.30. The summed E-state index contributed by atoms with van der Waals surface area (Å²) in [5.74, 6) is -0.103. The van der Waals surface area contributed by atoms with Crippen LogP contribution < -0.4 is 5.32 Å². The van der Waals surface area contributed by atoms with Crippen molar-refractivity contribution in [2.24, 2.45) is 7.05 Å². The van der Waals surface area contributed by atoms with Crippen LogP contribution in [0.25, 0.3) is 0 Å². The summed E-state index contributed by atoms with van der Waals surface area (Å²) >= 11 is 0. The van der Waals surface area contributed by atoms with Crippen molar-refractivity contribution in [3.05, 3.63) is 23.5 Å². The van der Waals surface area contributed by atoms with Crippen LogP contribution in [0.2, 0.25) is 0 Å². The second kappa shape index (κ2) is 7.48. The molecule has 2 saturated heterocycles. The molecule has 2 aliphatic heterocycles. The van der Waals surface area contributed by atoms with Gasteiger partial charge in [-0.25, -0.2) is 0 Å². The van der Waals surface area contributed by atoms with E-state index < -0.39 is 0 Å². The molecule has 1 aromatic heterocycles. The van der Waals surface area contributed by atoms with Gasteiger partial charge in [-0.2, -0.15) is 5.26 Å². The van der Waals surface area contributed by atoms with Crippen LogP contribution in [0.4, 0.5) is 0 Å². The first kappa shape index (κ1) is 18.4. The number of nitrogens with zero attached hydrogens (tertiary/aromatic N) is 4. The topological polar surface area (TPSA) is 90.6 Å². The van der Waals surface area contributed by atoms with Crippen LogP contribution in [-0.4, -0.2) is 78.2 Å². The predicted molar refractivity (Wildman–Crippen MR) is 94.4 cm³/mol. The highest BCUT2D eigenvalue weighted by Gasteiger charge is 2.38. The van der Waals surface area contributed by atoms with Crippen molar-refractivity contribution in [3.63, 3.8) is 0 Å². The average molecular weight is 359 g/mol. The first-order valence-corrected chi connectivity index (χ1v) is 8.80. The largest absolute Gasteiger partial charge is 0.375 e. The molecule has 3 rings (SSSR count). The van der Waals surface area contributed by atoms with Gasteiger partial charge in [-0.3, -0.25) is 14.5 Å². The van der Waals surface area contributed by atoms with E-state index in [0.29, 0.717) is 30.8 Å². The molecular weight excluding hydrogens is 334 g/mol. The first-order valence-electron chi connectivity index (χ1n) is 8.80. The number of amides is 2. The Morgan fingerprint density at radius 1 is 1.42 bits per heavy atom. The summed E-state index contributed by atoms with van der Waals surface area (Å²) in [6.45, 7) is 2.04. The maximum absolute atomic E-state index is 12.5. The number of ether oxygens (including phenoxy) is 1. The van der Waals surface area contributed by atoms with Crippen LogP contribution in [-0.2, 0) is 16.6 Å².